The van der Waals surface area contributed by atoms with Crippen molar-refractivity contribution in [2.24, 2.45) is 11.8 Å². The number of hydrogen-bond donors (Lipinski definition) is 3. The van der Waals surface area contributed by atoms with Crippen LogP contribution in [0, 0.1) is 18.8 Å². The van der Waals surface area contributed by atoms with Crippen molar-refractivity contribution in [3.8, 4) is 28.7 Å². The molecule has 0 spiro atoms. The molecule has 5 aromatic rings. The van der Waals surface area contributed by atoms with Gasteiger partial charge in [0.25, 0.3) is 11.8 Å². The Labute approximate surface area is 862 Å². The molecule has 5 aromatic carbocycles. The minimum atomic E-state index is -2.40. The van der Waals surface area contributed by atoms with Gasteiger partial charge in [-0.25, -0.2) is 24.0 Å². The van der Waals surface area contributed by atoms with Crippen LogP contribution < -0.4 is 39.6 Å². The van der Waals surface area contributed by atoms with E-state index in [4.69, 9.17) is 99.2 Å². The Kier molecular flexibility index (Phi) is 44.4. The number of rotatable bonds is 51. The van der Waals surface area contributed by atoms with E-state index in [9.17, 15) is 57.5 Å². The number of likely N-dealkylation sites (tertiary alicyclic amines) is 2. The van der Waals surface area contributed by atoms with Gasteiger partial charge in [0.05, 0.1) is 106 Å². The van der Waals surface area contributed by atoms with Crippen molar-refractivity contribution < 1.29 is 171 Å². The standard InChI is InChI=1S/C106H141N5O36Si/c1-24-75-39-60(2)50-110(75)99(122)78-47-88(127-19)89(49-82(78)109-104(125)137-53-71-30-32-86(80(46-71)83(116)27-25-33-126-18)145-102-97(143-69(11)115)93(140-66(8)112)63(5)65(7)139-102)135-55-73-42-72(43-74(44-73)107-90(118)57-132-37-35-130-36-38-133-58-91(119)128-20)54-134-87-48-81(77(41-62(87)4)98(121)111-51-61(3)40-76(111)56-138-148(22,23)106(15,16)17)108-103(124)136-52-70-29-31-85(79(45-70)84(117)28-26-34-131-59-92(120)147-105(12,13)14)144-101-64(6)94(141-67(9)113)95(142-68(10)114)96(146-101)100(123)129-21/h29-32,41-49,63-65,75-76,93-97,101-102H,2-3,24-28,33-40,50-59H2,1,4-23H3,(H,107,118)(H,108,124)(H,109,125)/t63-,64-,65-,75-,76+,93+,94-,95+,96+,97-,101?,102+/m1/s1. The van der Waals surface area contributed by atoms with Crippen LogP contribution in [-0.4, -0.2) is 276 Å². The number of methoxy groups -OCH3 is 4. The van der Waals surface area contributed by atoms with Gasteiger partial charge in [-0.1, -0.05) is 78.0 Å². The lowest BCUT2D eigenvalue weighted by Gasteiger charge is -2.43. The molecule has 4 aliphatic heterocycles. The van der Waals surface area contributed by atoms with Crippen molar-refractivity contribution in [1.82, 2.24) is 9.80 Å². The summed E-state index contributed by atoms with van der Waals surface area (Å²) in [6, 6.07) is 18.8. The normalized spacial score (nSPS) is 19.7. The smallest absolute Gasteiger partial charge is 0.411 e. The predicted molar refractivity (Wildman–Crippen MR) is 536 cm³/mol. The van der Waals surface area contributed by atoms with Gasteiger partial charge in [0.2, 0.25) is 24.6 Å². The third kappa shape index (κ3) is 34.8. The summed E-state index contributed by atoms with van der Waals surface area (Å²) in [5.41, 5.74) is 2.53. The monoisotopic (exact) mass is 2090 g/mol. The van der Waals surface area contributed by atoms with Crippen molar-refractivity contribution in [2.75, 3.05) is 124 Å². The molecule has 3 N–H and O–H groups in total. The molecule has 4 aliphatic rings. The number of nitrogens with zero attached hydrogens (tertiary/aromatic N) is 2. The number of carbonyl (C=O) groups excluding carboxylic acids is 14. The highest BCUT2D eigenvalue weighted by Gasteiger charge is 2.54. The topological polar surface area (TPSA) is 485 Å². The van der Waals surface area contributed by atoms with Gasteiger partial charge < -0.3 is 119 Å². The molecule has 42 heteroatoms. The van der Waals surface area contributed by atoms with Crippen molar-refractivity contribution in [1.29, 1.82) is 0 Å². The van der Waals surface area contributed by atoms with Crippen molar-refractivity contribution in [2.45, 2.75) is 260 Å². The number of anilines is 3. The average molecular weight is 2090 g/mol. The van der Waals surface area contributed by atoms with E-state index >= 15 is 9.59 Å². The lowest BCUT2D eigenvalue weighted by atomic mass is 9.91. The van der Waals surface area contributed by atoms with Gasteiger partial charge in [0.15, 0.2) is 49.7 Å². The van der Waals surface area contributed by atoms with Gasteiger partial charge in [-0.2, -0.15) is 0 Å². The number of amides is 5. The molecule has 0 saturated carbocycles. The van der Waals surface area contributed by atoms with Crippen LogP contribution >= 0.6 is 0 Å². The zero-order valence-corrected chi connectivity index (χ0v) is 89.2. The van der Waals surface area contributed by atoms with Gasteiger partial charge in [-0.15, -0.1) is 0 Å². The van der Waals surface area contributed by atoms with Crippen molar-refractivity contribution >= 4 is 109 Å². The van der Waals surface area contributed by atoms with Crippen LogP contribution in [0.5, 0.6) is 28.7 Å². The molecule has 12 atom stereocenters. The molecule has 4 fully saturated rings. The Bertz CT molecular complexity index is 5570. The second-order valence-electron chi connectivity index (χ2n) is 38.9. The summed E-state index contributed by atoms with van der Waals surface area (Å²) < 4.78 is 128. The molecule has 9 rings (SSSR count). The maximum Gasteiger partial charge on any atom is 0.411 e. The maximum atomic E-state index is 15.5. The summed E-state index contributed by atoms with van der Waals surface area (Å²) in [5, 5.41) is 8.22. The number of aryl methyl sites for hydroxylation is 1. The first-order chi connectivity index (χ1) is 70.0. The number of ether oxygens (including phenoxy) is 21. The van der Waals surface area contributed by atoms with Gasteiger partial charge in [-0.05, 0) is 167 Å². The first-order valence-electron chi connectivity index (χ1n) is 48.8. The molecule has 4 heterocycles. The maximum absolute atomic E-state index is 15.5. The van der Waals surface area contributed by atoms with E-state index in [0.29, 0.717) is 47.9 Å². The van der Waals surface area contributed by atoms with Gasteiger partial charge >= 0.3 is 54.0 Å². The Hall–Kier alpha value is -12.9. The minimum Gasteiger partial charge on any atom is -0.493 e. The largest absolute Gasteiger partial charge is 0.493 e. The quantitative estimate of drug-likeness (QED) is 0.00813. The van der Waals surface area contributed by atoms with Crippen LogP contribution in [0.3, 0.4) is 0 Å². The average Bonchev–Trinajstić information content (AvgIpc) is 0.828. The molecule has 0 aromatic heterocycles. The number of nitrogens with one attached hydrogen (secondary N) is 3. The summed E-state index contributed by atoms with van der Waals surface area (Å²) in [7, 11) is 2.76. The van der Waals surface area contributed by atoms with Crippen LogP contribution in [0.25, 0.3) is 0 Å². The Morgan fingerprint density at radius 2 is 0.966 bits per heavy atom. The zero-order valence-electron chi connectivity index (χ0n) is 88.2. The van der Waals surface area contributed by atoms with Gasteiger partial charge in [0, 0.05) is 104 Å². The molecule has 810 valence electrons. The SMILES string of the molecule is C=C1C[C@@H](CC)N(C(=O)c2cc(OC)c(OCc3cc(COc4cc(NC(=O)OCc5ccc(OC6O[C@H](C(=O)OC)[C@@H](OC(C)=O)[C@H](OC(C)=O)[C@H]6C)c(C(=O)CCCOCC(=O)OC(C)(C)C)c5)c(C(=O)N5CC(=C)C[C@H]5CO[Si](C)(C)C(C)(C)C)cc4C)cc(NC(=O)COCCOCCOCC(=O)OC)c3)cc2NC(=O)OCc2ccc(O[C@@H]3O[C@H](C)[C@@H](C)[C@H](OC(C)=O)[C@H]3OC(C)=O)c(C(=O)CCCOC)c2)C1. The van der Waals surface area contributed by atoms with E-state index in [1.165, 1.54) is 89.8 Å². The molecule has 0 radical (unpaired) electrons. The molecule has 0 bridgehead atoms. The zero-order chi connectivity index (χ0) is 109. The van der Waals surface area contributed by atoms with E-state index in [2.05, 4.69) is 67.7 Å². The Morgan fingerprint density at radius 3 is 1.49 bits per heavy atom. The molecule has 4 saturated heterocycles. The third-order valence-electron chi connectivity index (χ3n) is 24.9. The number of benzene rings is 5. The number of hydrogen-bond acceptors (Lipinski definition) is 36. The highest BCUT2D eigenvalue weighted by atomic mass is 28.4. The summed E-state index contributed by atoms with van der Waals surface area (Å²) in [6.45, 7) is 35.6. The lowest BCUT2D eigenvalue weighted by Crippen LogP contribution is -2.60. The second kappa shape index (κ2) is 55.4. The summed E-state index contributed by atoms with van der Waals surface area (Å²) in [4.78, 5) is 193. The van der Waals surface area contributed by atoms with E-state index in [0.717, 1.165) is 32.1 Å². The highest BCUT2D eigenvalue weighted by Crippen LogP contribution is 2.43. The predicted octanol–water partition coefficient (Wildman–Crippen LogP) is 14.1. The summed E-state index contributed by atoms with van der Waals surface area (Å²) in [6.07, 6.45) is -10.7. The number of ketones is 2. The molecule has 148 heavy (non-hydrogen) atoms. The van der Waals surface area contributed by atoms with Crippen molar-refractivity contribution in [3.05, 3.63) is 153 Å². The van der Waals surface area contributed by atoms with E-state index in [-0.39, 0.29) is 183 Å². The fourth-order valence-electron chi connectivity index (χ4n) is 16.4. The first kappa shape index (κ1) is 119. The Balaban J connectivity index is 1.04. The van der Waals surface area contributed by atoms with E-state index in [1.807, 2.05) is 6.92 Å². The molecule has 5 amide bonds. The van der Waals surface area contributed by atoms with Gasteiger partial charge in [-0.3, -0.25) is 53.8 Å². The molecular formula is C106H141N5O36Si. The number of carbonyl (C=O) groups is 14. The van der Waals surface area contributed by atoms with Crippen LogP contribution in [-0.2, 0) is 145 Å². The van der Waals surface area contributed by atoms with E-state index < -0.39 is 191 Å². The van der Waals surface area contributed by atoms with Crippen molar-refractivity contribution in [3.63, 3.8) is 0 Å². The molecule has 41 nitrogen and oxygen atoms in total. The molecule has 1 unspecified atom stereocenters. The molecule has 0 aliphatic carbocycles. The van der Waals surface area contributed by atoms with Crippen LogP contribution in [0.4, 0.5) is 26.7 Å². The fourth-order valence-corrected chi connectivity index (χ4v) is 17.4. The third-order valence-corrected chi connectivity index (χ3v) is 29.4. The van der Waals surface area contributed by atoms with E-state index in [1.54, 1.807) is 82.5 Å². The van der Waals surface area contributed by atoms with Gasteiger partial charge in [0.1, 0.15) is 75.2 Å². The minimum absolute atomic E-state index is 0.00123. The number of Topliss-reactive ketones (excluding diaryl/α,β-unsaturated/α-hetero) is 2. The summed E-state index contributed by atoms with van der Waals surface area (Å²) in [5.74, 6) is -9.09. The van der Waals surface area contributed by atoms with Crippen LogP contribution in [0.15, 0.2) is 103 Å². The fraction of sp³-hybridized carbons (Fsp3) is 0.547. The molecular weight excluding hydrogens is 1950 g/mol. The van der Waals surface area contributed by atoms with Crippen LogP contribution in [0.2, 0.25) is 18.1 Å². The van der Waals surface area contributed by atoms with Crippen LogP contribution in [0.1, 0.15) is 211 Å². The summed E-state index contributed by atoms with van der Waals surface area (Å²) >= 11 is 0. The number of esters is 7. The first-order valence-corrected chi connectivity index (χ1v) is 51.8. The lowest BCUT2D eigenvalue weighted by molar-refractivity contribution is -0.263. The second-order valence-corrected chi connectivity index (χ2v) is 43.7. The highest BCUT2D eigenvalue weighted by molar-refractivity contribution is 6.74. The Morgan fingerprint density at radius 1 is 0.480 bits per heavy atom.